The Kier molecular flexibility index (Phi) is 3.16. The monoisotopic (exact) mass is 285 g/mol. The van der Waals surface area contributed by atoms with Gasteiger partial charge < -0.3 is 10.2 Å². The molecule has 0 bridgehead atoms. The lowest BCUT2D eigenvalue weighted by molar-refractivity contribution is 0.319. The van der Waals surface area contributed by atoms with E-state index in [0.29, 0.717) is 10.7 Å². The van der Waals surface area contributed by atoms with Gasteiger partial charge >= 0.3 is 0 Å². The lowest BCUT2D eigenvalue weighted by atomic mass is 10.1. The van der Waals surface area contributed by atoms with Crippen LogP contribution in [-0.4, -0.2) is 20.9 Å². The zero-order chi connectivity index (χ0) is 14.1. The van der Waals surface area contributed by atoms with E-state index in [-0.39, 0.29) is 0 Å². The zero-order valence-corrected chi connectivity index (χ0v) is 11.5. The Bertz CT molecular complexity index is 790. The minimum atomic E-state index is 0.564. The van der Waals surface area contributed by atoms with Gasteiger partial charge in [0.15, 0.2) is 0 Å². The highest BCUT2D eigenvalue weighted by molar-refractivity contribution is 6.30. The van der Waals surface area contributed by atoms with Crippen LogP contribution in [0.2, 0.25) is 5.02 Å². The smallest absolute Gasteiger partial charge is 0.138 e. The number of fused-ring (bicyclic) bond motifs is 1. The van der Waals surface area contributed by atoms with Crippen LogP contribution in [0.25, 0.3) is 22.4 Å². The molecule has 1 aromatic heterocycles. The Labute approximate surface area is 120 Å². The molecule has 0 radical (unpaired) electrons. The van der Waals surface area contributed by atoms with Crippen molar-refractivity contribution >= 4 is 28.3 Å². The molecule has 100 valence electrons. The second-order valence-corrected chi connectivity index (χ2v) is 4.95. The number of H-pyrrole nitrogens is 1. The number of nitrogens with one attached hydrogen (secondary N) is 1. The molecule has 3 aromatic rings. The Hall–Kier alpha value is -2.33. The highest BCUT2D eigenvalue weighted by Gasteiger charge is 2.07. The van der Waals surface area contributed by atoms with Crippen LogP contribution in [0.15, 0.2) is 47.6 Å². The Morgan fingerprint density at radius 3 is 2.65 bits per heavy atom. The Morgan fingerprint density at radius 2 is 1.95 bits per heavy atom. The van der Waals surface area contributed by atoms with Gasteiger partial charge in [-0.3, -0.25) is 0 Å². The molecule has 0 aliphatic carbocycles. The molecule has 2 N–H and O–H groups in total. The summed E-state index contributed by atoms with van der Waals surface area (Å²) in [5.74, 6) is 0.785. The van der Waals surface area contributed by atoms with E-state index in [4.69, 9.17) is 16.8 Å². The largest absolute Gasteiger partial charge is 0.411 e. The molecule has 0 aliphatic heterocycles. The lowest BCUT2D eigenvalue weighted by Gasteiger charge is -1.97. The standard InChI is InChI=1S/C15H12ClN3O/c1-9(19-20)11-4-7-13-14(8-11)18-15(17-13)10-2-5-12(16)6-3-10/h2-8,20H,1H3,(H,17,18)/b19-9-. The zero-order valence-electron chi connectivity index (χ0n) is 10.8. The molecule has 5 heteroatoms. The average molecular weight is 286 g/mol. The van der Waals surface area contributed by atoms with E-state index in [1.807, 2.05) is 42.5 Å². The van der Waals surface area contributed by atoms with Gasteiger partial charge in [-0.2, -0.15) is 0 Å². The number of aromatic nitrogens is 2. The molecule has 0 aliphatic rings. The second kappa shape index (κ2) is 4.98. The molecule has 20 heavy (non-hydrogen) atoms. The van der Waals surface area contributed by atoms with Crippen molar-refractivity contribution in [2.75, 3.05) is 0 Å². The second-order valence-electron chi connectivity index (χ2n) is 4.51. The molecule has 2 aromatic carbocycles. The molecule has 0 amide bonds. The molecule has 0 atom stereocenters. The van der Waals surface area contributed by atoms with Gasteiger partial charge in [0.05, 0.1) is 16.7 Å². The van der Waals surface area contributed by atoms with Gasteiger partial charge in [-0.25, -0.2) is 4.98 Å². The number of imidazole rings is 1. The van der Waals surface area contributed by atoms with Crippen molar-refractivity contribution < 1.29 is 5.21 Å². The van der Waals surface area contributed by atoms with Crippen molar-refractivity contribution in [2.45, 2.75) is 6.92 Å². The van der Waals surface area contributed by atoms with Crippen molar-refractivity contribution in [1.29, 1.82) is 0 Å². The molecule has 0 saturated carbocycles. The first-order valence-corrected chi connectivity index (χ1v) is 6.50. The first-order chi connectivity index (χ1) is 9.67. The number of hydrogen-bond acceptors (Lipinski definition) is 3. The average Bonchev–Trinajstić information content (AvgIpc) is 2.90. The number of nitrogens with zero attached hydrogens (tertiary/aromatic N) is 2. The van der Waals surface area contributed by atoms with Crippen LogP contribution < -0.4 is 0 Å². The Morgan fingerprint density at radius 1 is 1.20 bits per heavy atom. The summed E-state index contributed by atoms with van der Waals surface area (Å²) >= 11 is 5.88. The van der Waals surface area contributed by atoms with Crippen LogP contribution in [0.3, 0.4) is 0 Å². The molecule has 0 unspecified atom stereocenters. The number of hydrogen-bond donors (Lipinski definition) is 2. The summed E-state index contributed by atoms with van der Waals surface area (Å²) in [6, 6.07) is 13.2. The Balaban J connectivity index is 2.08. The predicted molar refractivity (Wildman–Crippen MR) is 80.5 cm³/mol. The quantitative estimate of drug-likeness (QED) is 0.423. The summed E-state index contributed by atoms with van der Waals surface area (Å²) in [5.41, 5.74) is 4.15. The predicted octanol–water partition coefficient (Wildman–Crippen LogP) is 4.08. The normalized spacial score (nSPS) is 12.0. The van der Waals surface area contributed by atoms with E-state index < -0.39 is 0 Å². The van der Waals surface area contributed by atoms with Crippen LogP contribution in [-0.2, 0) is 0 Å². The molecule has 4 nitrogen and oxygen atoms in total. The SMILES string of the molecule is C/C(=N/O)c1ccc2nc(-c3ccc(Cl)cc3)[nH]c2c1. The summed E-state index contributed by atoms with van der Waals surface area (Å²) in [7, 11) is 0. The van der Waals surface area contributed by atoms with E-state index >= 15 is 0 Å². The van der Waals surface area contributed by atoms with Crippen LogP contribution >= 0.6 is 11.6 Å². The molecule has 1 heterocycles. The summed E-state index contributed by atoms with van der Waals surface area (Å²) in [6.07, 6.45) is 0. The van der Waals surface area contributed by atoms with Crippen LogP contribution in [0.5, 0.6) is 0 Å². The first-order valence-electron chi connectivity index (χ1n) is 6.12. The molecular formula is C15H12ClN3O. The van der Waals surface area contributed by atoms with E-state index in [1.54, 1.807) is 6.92 Å². The summed E-state index contributed by atoms with van der Waals surface area (Å²) in [4.78, 5) is 7.80. The van der Waals surface area contributed by atoms with Gasteiger partial charge in [0, 0.05) is 16.1 Å². The van der Waals surface area contributed by atoms with Crippen molar-refractivity contribution in [3.8, 4) is 11.4 Å². The molecule has 0 fully saturated rings. The van der Waals surface area contributed by atoms with Gasteiger partial charge in [-0.1, -0.05) is 22.8 Å². The van der Waals surface area contributed by atoms with Crippen LogP contribution in [0.1, 0.15) is 12.5 Å². The first kappa shape index (κ1) is 12.7. The molecule has 0 saturated heterocycles. The summed E-state index contributed by atoms with van der Waals surface area (Å²) in [6.45, 7) is 1.75. The highest BCUT2D eigenvalue weighted by atomic mass is 35.5. The maximum atomic E-state index is 8.82. The van der Waals surface area contributed by atoms with Crippen molar-refractivity contribution in [3.05, 3.63) is 53.1 Å². The number of rotatable bonds is 2. The molecular weight excluding hydrogens is 274 g/mol. The fourth-order valence-corrected chi connectivity index (χ4v) is 2.16. The van der Waals surface area contributed by atoms with Crippen LogP contribution in [0, 0.1) is 0 Å². The third-order valence-electron chi connectivity index (χ3n) is 3.17. The third kappa shape index (κ3) is 2.26. The summed E-state index contributed by atoms with van der Waals surface area (Å²) < 4.78 is 0. The molecule has 0 spiro atoms. The maximum absolute atomic E-state index is 8.82. The molecule has 3 rings (SSSR count). The van der Waals surface area contributed by atoms with Gasteiger partial charge in [0.1, 0.15) is 5.82 Å². The van der Waals surface area contributed by atoms with Gasteiger partial charge in [-0.05, 0) is 43.3 Å². The van der Waals surface area contributed by atoms with E-state index in [9.17, 15) is 0 Å². The lowest BCUT2D eigenvalue weighted by Crippen LogP contribution is -1.93. The third-order valence-corrected chi connectivity index (χ3v) is 3.42. The topological polar surface area (TPSA) is 61.3 Å². The van der Waals surface area contributed by atoms with Crippen molar-refractivity contribution in [2.24, 2.45) is 5.16 Å². The van der Waals surface area contributed by atoms with Gasteiger partial charge in [0.2, 0.25) is 0 Å². The fourth-order valence-electron chi connectivity index (χ4n) is 2.04. The number of halogens is 1. The van der Waals surface area contributed by atoms with E-state index in [0.717, 1.165) is 28.0 Å². The van der Waals surface area contributed by atoms with Crippen molar-refractivity contribution in [3.63, 3.8) is 0 Å². The van der Waals surface area contributed by atoms with E-state index in [1.165, 1.54) is 0 Å². The van der Waals surface area contributed by atoms with Crippen LogP contribution in [0.4, 0.5) is 0 Å². The summed E-state index contributed by atoms with van der Waals surface area (Å²) in [5, 5.41) is 12.7. The fraction of sp³-hybridized carbons (Fsp3) is 0.0667. The van der Waals surface area contributed by atoms with Gasteiger partial charge in [-0.15, -0.1) is 0 Å². The van der Waals surface area contributed by atoms with Gasteiger partial charge in [0.25, 0.3) is 0 Å². The number of oxime groups is 1. The minimum absolute atomic E-state index is 0.564. The number of benzene rings is 2. The van der Waals surface area contributed by atoms with E-state index in [2.05, 4.69) is 15.1 Å². The highest BCUT2D eigenvalue weighted by Crippen LogP contribution is 2.23. The van der Waals surface area contributed by atoms with Crippen molar-refractivity contribution in [1.82, 2.24) is 9.97 Å². The number of aromatic amines is 1. The minimum Gasteiger partial charge on any atom is -0.411 e. The maximum Gasteiger partial charge on any atom is 0.138 e.